The number of carbonyl (C=O) groups is 2. The molecule has 132 valence electrons. The SMILES string of the molecule is O=C(OC(c1ccccc1)C(F)(F)C(=O)[O-])c1c(I)cc(I)cc1I. The summed E-state index contributed by atoms with van der Waals surface area (Å²) in [5, 5.41) is 10.9. The number of aliphatic carboxylic acids is 1. The Morgan fingerprint density at radius 3 is 2.04 bits per heavy atom. The Balaban J connectivity index is 2.44. The second-order valence-electron chi connectivity index (χ2n) is 4.85. The summed E-state index contributed by atoms with van der Waals surface area (Å²) in [5.41, 5.74) is -0.0303. The summed E-state index contributed by atoms with van der Waals surface area (Å²) in [6.45, 7) is 0. The first-order valence-electron chi connectivity index (χ1n) is 6.64. The van der Waals surface area contributed by atoms with E-state index in [1.807, 2.05) is 45.2 Å². The van der Waals surface area contributed by atoms with Crippen LogP contribution in [0, 0.1) is 10.7 Å². The van der Waals surface area contributed by atoms with E-state index in [0.717, 1.165) is 3.57 Å². The summed E-state index contributed by atoms with van der Waals surface area (Å²) >= 11 is 5.85. The van der Waals surface area contributed by atoms with E-state index in [2.05, 4.69) is 22.6 Å². The molecule has 0 aliphatic heterocycles. The third kappa shape index (κ3) is 4.78. The maximum atomic E-state index is 14.1. The Morgan fingerprint density at radius 1 is 1.04 bits per heavy atom. The number of alkyl halides is 2. The molecule has 0 bridgehead atoms. The van der Waals surface area contributed by atoms with Crippen LogP contribution in [0.2, 0.25) is 0 Å². The van der Waals surface area contributed by atoms with E-state index in [9.17, 15) is 23.5 Å². The van der Waals surface area contributed by atoms with Crippen molar-refractivity contribution in [2.45, 2.75) is 12.0 Å². The van der Waals surface area contributed by atoms with Gasteiger partial charge in [-0.25, -0.2) is 4.79 Å². The Labute approximate surface area is 182 Å². The van der Waals surface area contributed by atoms with Gasteiger partial charge in [-0.05, 0) is 85.5 Å². The number of hydrogen-bond donors (Lipinski definition) is 0. The zero-order valence-corrected chi connectivity index (χ0v) is 18.6. The van der Waals surface area contributed by atoms with Gasteiger partial charge in [-0.3, -0.25) is 0 Å². The molecular weight excluding hydrogens is 675 g/mol. The molecule has 0 radical (unpaired) electrons. The van der Waals surface area contributed by atoms with Crippen molar-refractivity contribution in [1.29, 1.82) is 0 Å². The Kier molecular flexibility index (Phi) is 6.98. The zero-order chi connectivity index (χ0) is 18.8. The fraction of sp³-hybridized carbons (Fsp3) is 0.125. The van der Waals surface area contributed by atoms with Gasteiger partial charge >= 0.3 is 11.9 Å². The van der Waals surface area contributed by atoms with Crippen LogP contribution in [0.4, 0.5) is 8.78 Å². The minimum Gasteiger partial charge on any atom is -0.544 e. The van der Waals surface area contributed by atoms with E-state index >= 15 is 0 Å². The van der Waals surface area contributed by atoms with Crippen molar-refractivity contribution < 1.29 is 28.2 Å². The van der Waals surface area contributed by atoms with Gasteiger partial charge in [-0.2, -0.15) is 8.78 Å². The normalized spacial score (nSPS) is 12.5. The Bertz CT molecular complexity index is 789. The number of carboxylic acid groups (broad SMARTS) is 1. The number of benzene rings is 2. The van der Waals surface area contributed by atoms with Crippen LogP contribution in [-0.4, -0.2) is 17.9 Å². The molecule has 0 saturated carbocycles. The van der Waals surface area contributed by atoms with Crippen LogP contribution in [0.25, 0.3) is 0 Å². The lowest BCUT2D eigenvalue weighted by atomic mass is 10.0. The molecule has 0 spiro atoms. The van der Waals surface area contributed by atoms with Crippen molar-refractivity contribution in [3.05, 3.63) is 64.3 Å². The summed E-state index contributed by atoms with van der Waals surface area (Å²) in [4.78, 5) is 23.3. The second kappa shape index (κ2) is 8.41. The predicted octanol–water partition coefficient (Wildman–Crippen LogP) is 3.78. The predicted molar refractivity (Wildman–Crippen MR) is 109 cm³/mol. The average molecular weight is 683 g/mol. The summed E-state index contributed by atoms with van der Waals surface area (Å²) in [6, 6.07) is 10.4. The van der Waals surface area contributed by atoms with Crippen molar-refractivity contribution >= 4 is 79.7 Å². The largest absolute Gasteiger partial charge is 0.544 e. The number of ether oxygens (including phenoxy) is 1. The number of carbonyl (C=O) groups excluding carboxylic acids is 2. The summed E-state index contributed by atoms with van der Waals surface area (Å²) in [6.07, 6.45) is -2.29. The number of esters is 1. The average Bonchev–Trinajstić information content (AvgIpc) is 2.52. The molecule has 0 amide bonds. The van der Waals surface area contributed by atoms with Crippen LogP contribution in [0.5, 0.6) is 0 Å². The first-order chi connectivity index (χ1) is 11.6. The van der Waals surface area contributed by atoms with E-state index in [1.54, 1.807) is 18.2 Å². The third-order valence-corrected chi connectivity index (χ3v) is 5.46. The summed E-state index contributed by atoms with van der Waals surface area (Å²) in [5.74, 6) is -8.02. The summed E-state index contributed by atoms with van der Waals surface area (Å²) < 4.78 is 35.0. The van der Waals surface area contributed by atoms with Gasteiger partial charge < -0.3 is 14.6 Å². The molecule has 0 N–H and O–H groups in total. The molecule has 2 aromatic carbocycles. The maximum absolute atomic E-state index is 14.1. The lowest BCUT2D eigenvalue weighted by Gasteiger charge is -2.28. The van der Waals surface area contributed by atoms with E-state index in [0.29, 0.717) is 7.14 Å². The second-order valence-corrected chi connectivity index (χ2v) is 8.42. The van der Waals surface area contributed by atoms with Gasteiger partial charge in [0.25, 0.3) is 0 Å². The van der Waals surface area contributed by atoms with Crippen molar-refractivity contribution in [1.82, 2.24) is 0 Å². The first kappa shape index (κ1) is 20.7. The molecule has 9 heteroatoms. The number of rotatable bonds is 5. The molecule has 0 aliphatic carbocycles. The highest BCUT2D eigenvalue weighted by Crippen LogP contribution is 2.36. The molecule has 2 rings (SSSR count). The Hall–Kier alpha value is -0.570. The topological polar surface area (TPSA) is 66.4 Å². The van der Waals surface area contributed by atoms with Crippen LogP contribution in [0.3, 0.4) is 0 Å². The van der Waals surface area contributed by atoms with Crippen molar-refractivity contribution in [2.24, 2.45) is 0 Å². The highest BCUT2D eigenvalue weighted by atomic mass is 127. The lowest BCUT2D eigenvalue weighted by molar-refractivity contribution is -0.336. The van der Waals surface area contributed by atoms with Gasteiger partial charge in [0.15, 0.2) is 6.10 Å². The molecule has 2 aromatic rings. The minimum absolute atomic E-state index is 0.108. The van der Waals surface area contributed by atoms with E-state index in [1.165, 1.54) is 24.3 Å². The number of halogens is 5. The molecule has 1 atom stereocenters. The third-order valence-electron chi connectivity index (χ3n) is 3.14. The van der Waals surface area contributed by atoms with Crippen LogP contribution >= 0.6 is 67.8 Å². The zero-order valence-electron chi connectivity index (χ0n) is 12.1. The molecule has 0 aliphatic rings. The standard InChI is InChI=1S/C16H9F2I3O4/c17-16(18,15(23)24)13(8-4-2-1-3-5-8)25-14(22)12-10(20)6-9(19)7-11(12)21/h1-7,13H,(H,23,24)/p-1. The fourth-order valence-corrected chi connectivity index (χ4v) is 6.01. The van der Waals surface area contributed by atoms with Gasteiger partial charge in [0.2, 0.25) is 0 Å². The van der Waals surface area contributed by atoms with Crippen molar-refractivity contribution in [2.75, 3.05) is 0 Å². The summed E-state index contributed by atoms with van der Waals surface area (Å²) in [7, 11) is 0. The quantitative estimate of drug-likeness (QED) is 0.356. The van der Waals surface area contributed by atoms with Crippen LogP contribution < -0.4 is 5.11 Å². The highest BCUT2D eigenvalue weighted by molar-refractivity contribution is 14.1. The van der Waals surface area contributed by atoms with Gasteiger partial charge in [0.05, 0.1) is 5.56 Å². The molecular formula is C16H8F2I3O4-. The van der Waals surface area contributed by atoms with Gasteiger partial charge in [0, 0.05) is 10.7 Å². The van der Waals surface area contributed by atoms with Gasteiger partial charge in [-0.1, -0.05) is 30.3 Å². The maximum Gasteiger partial charge on any atom is 0.341 e. The lowest BCUT2D eigenvalue weighted by Crippen LogP contribution is -2.47. The first-order valence-corrected chi connectivity index (χ1v) is 9.88. The van der Waals surface area contributed by atoms with Gasteiger partial charge in [0.1, 0.15) is 5.97 Å². The number of carboxylic acids is 1. The fourth-order valence-electron chi connectivity index (χ4n) is 1.99. The van der Waals surface area contributed by atoms with E-state index < -0.39 is 24.0 Å². The Morgan fingerprint density at radius 2 is 1.56 bits per heavy atom. The van der Waals surface area contributed by atoms with E-state index in [-0.39, 0.29) is 11.1 Å². The number of hydrogen-bond acceptors (Lipinski definition) is 4. The molecule has 0 saturated heterocycles. The van der Waals surface area contributed by atoms with E-state index in [4.69, 9.17) is 4.74 Å². The molecule has 1 unspecified atom stereocenters. The molecule has 0 heterocycles. The molecule has 4 nitrogen and oxygen atoms in total. The molecule has 0 fully saturated rings. The van der Waals surface area contributed by atoms with Crippen molar-refractivity contribution in [3.63, 3.8) is 0 Å². The minimum atomic E-state index is -4.38. The highest BCUT2D eigenvalue weighted by Gasteiger charge is 2.45. The monoisotopic (exact) mass is 683 g/mol. The van der Waals surface area contributed by atoms with Crippen LogP contribution in [0.15, 0.2) is 42.5 Å². The van der Waals surface area contributed by atoms with Gasteiger partial charge in [-0.15, -0.1) is 0 Å². The molecule has 25 heavy (non-hydrogen) atoms. The van der Waals surface area contributed by atoms with Crippen LogP contribution in [-0.2, 0) is 9.53 Å². The molecule has 0 aromatic heterocycles. The van der Waals surface area contributed by atoms with Crippen LogP contribution in [0.1, 0.15) is 22.0 Å². The smallest absolute Gasteiger partial charge is 0.341 e. The van der Waals surface area contributed by atoms with Crippen molar-refractivity contribution in [3.8, 4) is 0 Å².